The maximum Gasteiger partial charge on any atom is 0.221 e. The Morgan fingerprint density at radius 1 is 1.26 bits per heavy atom. The summed E-state index contributed by atoms with van der Waals surface area (Å²) in [4.78, 5) is 13.1. The molecule has 2 N–H and O–H groups in total. The average Bonchev–Trinajstić information content (AvgIpc) is 2.39. The van der Waals surface area contributed by atoms with Gasteiger partial charge in [-0.25, -0.2) is 0 Å². The van der Waals surface area contributed by atoms with Crippen molar-refractivity contribution < 1.29 is 9.53 Å². The van der Waals surface area contributed by atoms with E-state index in [0.29, 0.717) is 18.3 Å². The molecule has 6 heteroatoms. The summed E-state index contributed by atoms with van der Waals surface area (Å²) in [6.45, 7) is 4.49. The first-order chi connectivity index (χ1) is 9.15. The van der Waals surface area contributed by atoms with Crippen molar-refractivity contribution in [2.45, 2.75) is 6.92 Å². The highest BCUT2D eigenvalue weighted by molar-refractivity contribution is 7.80. The smallest absolute Gasteiger partial charge is 0.221 e. The molecule has 0 saturated carbocycles. The molecule has 1 aromatic carbocycles. The van der Waals surface area contributed by atoms with Crippen LogP contribution in [0.3, 0.4) is 0 Å². The van der Waals surface area contributed by atoms with E-state index in [2.05, 4.69) is 15.5 Å². The number of nitrogens with zero attached hydrogens (tertiary/aromatic N) is 1. The second-order valence-electron chi connectivity index (χ2n) is 4.29. The fraction of sp³-hybridized carbons (Fsp3) is 0.385. The molecule has 0 aliphatic carbocycles. The van der Waals surface area contributed by atoms with Crippen molar-refractivity contribution in [1.82, 2.24) is 4.90 Å². The van der Waals surface area contributed by atoms with Crippen molar-refractivity contribution in [3.05, 3.63) is 24.3 Å². The van der Waals surface area contributed by atoms with E-state index in [4.69, 9.17) is 17.0 Å². The number of hydrogen-bond donors (Lipinski definition) is 2. The molecule has 0 bridgehead atoms. The van der Waals surface area contributed by atoms with E-state index in [1.165, 1.54) is 6.92 Å². The Bertz CT molecular complexity index is 473. The zero-order valence-corrected chi connectivity index (χ0v) is 11.6. The first-order valence-electron chi connectivity index (χ1n) is 6.16. The van der Waals surface area contributed by atoms with Crippen LogP contribution in [0.1, 0.15) is 6.92 Å². The van der Waals surface area contributed by atoms with Crippen LogP contribution >= 0.6 is 12.2 Å². The number of anilines is 2. The highest BCUT2D eigenvalue weighted by atomic mass is 32.1. The Hall–Kier alpha value is -1.66. The van der Waals surface area contributed by atoms with Crippen LogP contribution < -0.4 is 10.6 Å². The van der Waals surface area contributed by atoms with Crippen molar-refractivity contribution in [1.29, 1.82) is 0 Å². The van der Waals surface area contributed by atoms with Gasteiger partial charge in [-0.05, 0) is 30.4 Å². The van der Waals surface area contributed by atoms with Crippen molar-refractivity contribution in [3.8, 4) is 0 Å². The molecule has 5 nitrogen and oxygen atoms in total. The molecule has 1 aliphatic rings. The maximum absolute atomic E-state index is 11.0. The van der Waals surface area contributed by atoms with Crippen molar-refractivity contribution in [2.75, 3.05) is 36.9 Å². The molecule has 0 atom stereocenters. The molecule has 102 valence electrons. The summed E-state index contributed by atoms with van der Waals surface area (Å²) >= 11 is 5.36. The number of hydrogen-bond acceptors (Lipinski definition) is 3. The van der Waals surface area contributed by atoms with Crippen LogP contribution in [0.4, 0.5) is 11.4 Å². The summed E-state index contributed by atoms with van der Waals surface area (Å²) in [5.74, 6) is -0.0899. The molecular weight excluding hydrogens is 262 g/mol. The third-order valence-corrected chi connectivity index (χ3v) is 3.09. The molecule has 0 radical (unpaired) electrons. The number of benzene rings is 1. The molecule has 0 aromatic heterocycles. The third kappa shape index (κ3) is 4.18. The van der Waals surface area contributed by atoms with E-state index in [9.17, 15) is 4.79 Å². The fourth-order valence-corrected chi connectivity index (χ4v) is 2.15. The fourth-order valence-electron chi connectivity index (χ4n) is 1.85. The van der Waals surface area contributed by atoms with Crippen LogP contribution in [-0.2, 0) is 9.53 Å². The summed E-state index contributed by atoms with van der Waals surface area (Å²) in [6.07, 6.45) is 0. The monoisotopic (exact) mass is 279 g/mol. The quantitative estimate of drug-likeness (QED) is 0.807. The van der Waals surface area contributed by atoms with Crippen LogP contribution in [0.2, 0.25) is 0 Å². The number of carbonyl (C=O) groups is 1. The summed E-state index contributed by atoms with van der Waals surface area (Å²) in [5.41, 5.74) is 1.62. The maximum atomic E-state index is 11.0. The SMILES string of the molecule is CC(=O)Nc1cccc(NC(=S)N2CCOCC2)c1. The number of amides is 1. The predicted molar refractivity (Wildman–Crippen MR) is 79.4 cm³/mol. The number of nitrogens with one attached hydrogen (secondary N) is 2. The lowest BCUT2D eigenvalue weighted by Crippen LogP contribution is -2.42. The van der Waals surface area contributed by atoms with Gasteiger partial charge in [-0.2, -0.15) is 0 Å². The van der Waals surface area contributed by atoms with Gasteiger partial charge in [-0.1, -0.05) is 6.07 Å². The molecule has 1 heterocycles. The van der Waals surface area contributed by atoms with E-state index in [1.807, 2.05) is 24.3 Å². The number of thiocarbonyl (C=S) groups is 1. The minimum atomic E-state index is -0.0899. The number of morpholine rings is 1. The zero-order valence-electron chi connectivity index (χ0n) is 10.8. The van der Waals surface area contributed by atoms with Gasteiger partial charge in [0.25, 0.3) is 0 Å². The first-order valence-corrected chi connectivity index (χ1v) is 6.57. The largest absolute Gasteiger partial charge is 0.378 e. The van der Waals surface area contributed by atoms with Crippen LogP contribution in [0.15, 0.2) is 24.3 Å². The van der Waals surface area contributed by atoms with Gasteiger partial charge in [-0.15, -0.1) is 0 Å². The minimum absolute atomic E-state index is 0.0899. The predicted octanol–water partition coefficient (Wildman–Crippen LogP) is 1.67. The number of rotatable bonds is 2. The second kappa shape index (κ2) is 6.49. The van der Waals surface area contributed by atoms with Gasteiger partial charge in [0.05, 0.1) is 13.2 Å². The topological polar surface area (TPSA) is 53.6 Å². The van der Waals surface area contributed by atoms with Gasteiger partial charge in [-0.3, -0.25) is 4.79 Å². The van der Waals surface area contributed by atoms with E-state index in [1.54, 1.807) is 0 Å². The molecular formula is C13H17N3O2S. The van der Waals surface area contributed by atoms with Gasteiger partial charge < -0.3 is 20.3 Å². The highest BCUT2D eigenvalue weighted by Crippen LogP contribution is 2.15. The second-order valence-corrected chi connectivity index (χ2v) is 4.68. The van der Waals surface area contributed by atoms with Crippen molar-refractivity contribution in [3.63, 3.8) is 0 Å². The van der Waals surface area contributed by atoms with E-state index < -0.39 is 0 Å². The highest BCUT2D eigenvalue weighted by Gasteiger charge is 2.13. The molecule has 2 rings (SSSR count). The summed E-state index contributed by atoms with van der Waals surface area (Å²) in [5, 5.41) is 6.60. The number of carbonyl (C=O) groups excluding carboxylic acids is 1. The normalized spacial score (nSPS) is 14.9. The van der Waals surface area contributed by atoms with E-state index >= 15 is 0 Å². The van der Waals surface area contributed by atoms with Gasteiger partial charge in [0.2, 0.25) is 5.91 Å². The summed E-state index contributed by atoms with van der Waals surface area (Å²) in [6, 6.07) is 7.48. The Labute approximate surface area is 117 Å². The van der Waals surface area contributed by atoms with Crippen molar-refractivity contribution in [2.24, 2.45) is 0 Å². The summed E-state index contributed by atoms with van der Waals surface area (Å²) < 4.78 is 5.29. The van der Waals surface area contributed by atoms with Gasteiger partial charge in [0.15, 0.2) is 5.11 Å². The standard InChI is InChI=1S/C13H17N3O2S/c1-10(17)14-11-3-2-4-12(9-11)15-13(19)16-5-7-18-8-6-16/h2-4,9H,5-8H2,1H3,(H,14,17)(H,15,19). The Balaban J connectivity index is 1.97. The average molecular weight is 279 g/mol. The Morgan fingerprint density at radius 3 is 2.53 bits per heavy atom. The first kappa shape index (κ1) is 13.8. The zero-order chi connectivity index (χ0) is 13.7. The molecule has 1 fully saturated rings. The van der Waals surface area contributed by atoms with Crippen LogP contribution in [0.25, 0.3) is 0 Å². The summed E-state index contributed by atoms with van der Waals surface area (Å²) in [7, 11) is 0. The van der Waals surface area contributed by atoms with E-state index in [0.717, 1.165) is 24.5 Å². The van der Waals surface area contributed by atoms with Crippen LogP contribution in [-0.4, -0.2) is 42.2 Å². The molecule has 0 unspecified atom stereocenters. The Morgan fingerprint density at radius 2 is 1.89 bits per heavy atom. The van der Waals surface area contributed by atoms with Crippen LogP contribution in [0.5, 0.6) is 0 Å². The molecule has 1 saturated heterocycles. The Kier molecular flexibility index (Phi) is 4.70. The molecule has 1 aromatic rings. The van der Waals surface area contributed by atoms with Gasteiger partial charge >= 0.3 is 0 Å². The van der Waals surface area contributed by atoms with Gasteiger partial charge in [0, 0.05) is 31.4 Å². The van der Waals surface area contributed by atoms with E-state index in [-0.39, 0.29) is 5.91 Å². The molecule has 1 amide bonds. The third-order valence-electron chi connectivity index (χ3n) is 2.73. The number of ether oxygens (including phenoxy) is 1. The lowest BCUT2D eigenvalue weighted by molar-refractivity contribution is -0.114. The lowest BCUT2D eigenvalue weighted by atomic mass is 10.2. The molecule has 1 aliphatic heterocycles. The molecule has 19 heavy (non-hydrogen) atoms. The van der Waals surface area contributed by atoms with Crippen molar-refractivity contribution >= 4 is 34.6 Å². The molecule has 0 spiro atoms. The van der Waals surface area contributed by atoms with Crippen LogP contribution in [0, 0.1) is 0 Å². The minimum Gasteiger partial charge on any atom is -0.378 e. The lowest BCUT2D eigenvalue weighted by Gasteiger charge is -2.29. The van der Waals surface area contributed by atoms with Gasteiger partial charge in [0.1, 0.15) is 0 Å².